The maximum atomic E-state index is 5.37. The van der Waals surface area contributed by atoms with Crippen LogP contribution in [0.25, 0.3) is 0 Å². The van der Waals surface area contributed by atoms with Crippen molar-refractivity contribution in [2.24, 2.45) is 0 Å². The van der Waals surface area contributed by atoms with Crippen molar-refractivity contribution >= 4 is 0 Å². The summed E-state index contributed by atoms with van der Waals surface area (Å²) in [5.41, 5.74) is 1.21. The molecule has 1 heterocycles. The minimum atomic E-state index is 0.0864. The van der Waals surface area contributed by atoms with Crippen LogP contribution in [0, 0.1) is 6.92 Å². The summed E-state index contributed by atoms with van der Waals surface area (Å²) >= 11 is 0. The van der Waals surface area contributed by atoms with Crippen molar-refractivity contribution in [2.75, 3.05) is 7.11 Å². The zero-order chi connectivity index (χ0) is 9.35. The number of methoxy groups -OCH3 is 1. The van der Waals surface area contributed by atoms with Crippen LogP contribution < -0.4 is 4.74 Å². The normalized spacial score (nSPS) is 11.8. The molecular formula is C10H16O2. The Kier molecular flexibility index (Phi) is 2.18. The third-order valence-corrected chi connectivity index (χ3v) is 1.81. The lowest BCUT2D eigenvalue weighted by atomic mass is 9.89. The monoisotopic (exact) mass is 168 g/mol. The molecule has 0 bridgehead atoms. The Balaban J connectivity index is 3.13. The quantitative estimate of drug-likeness (QED) is 0.643. The summed E-state index contributed by atoms with van der Waals surface area (Å²) in [6, 6.07) is 2.03. The summed E-state index contributed by atoms with van der Waals surface area (Å²) in [6.07, 6.45) is 0. The topological polar surface area (TPSA) is 22.4 Å². The number of aryl methyl sites for hydroxylation is 1. The lowest BCUT2D eigenvalue weighted by Crippen LogP contribution is -2.10. The molecule has 0 fully saturated rings. The van der Waals surface area contributed by atoms with E-state index in [0.717, 1.165) is 11.3 Å². The molecule has 0 unspecified atom stereocenters. The largest absolute Gasteiger partial charge is 0.468 e. The van der Waals surface area contributed by atoms with Gasteiger partial charge in [0.25, 0.3) is 5.95 Å². The lowest BCUT2D eigenvalue weighted by molar-refractivity contribution is 0.288. The molecule has 0 amide bonds. The molecule has 12 heavy (non-hydrogen) atoms. The van der Waals surface area contributed by atoms with Gasteiger partial charge < -0.3 is 9.15 Å². The molecule has 0 N–H and O–H groups in total. The van der Waals surface area contributed by atoms with Crippen LogP contribution in [0.15, 0.2) is 10.5 Å². The summed E-state index contributed by atoms with van der Waals surface area (Å²) in [4.78, 5) is 0. The summed E-state index contributed by atoms with van der Waals surface area (Å²) in [7, 11) is 1.63. The van der Waals surface area contributed by atoms with Crippen molar-refractivity contribution in [3.8, 4) is 5.95 Å². The first kappa shape index (κ1) is 9.17. The van der Waals surface area contributed by atoms with Crippen LogP contribution in [0.5, 0.6) is 5.95 Å². The molecule has 0 atom stereocenters. The Bertz CT molecular complexity index is 266. The highest BCUT2D eigenvalue weighted by Gasteiger charge is 2.22. The van der Waals surface area contributed by atoms with Crippen molar-refractivity contribution in [1.82, 2.24) is 0 Å². The first-order valence-electron chi connectivity index (χ1n) is 4.10. The predicted octanol–water partition coefficient (Wildman–Crippen LogP) is 2.89. The minimum Gasteiger partial charge on any atom is -0.468 e. The molecule has 0 saturated carbocycles. The van der Waals surface area contributed by atoms with Gasteiger partial charge in [0.05, 0.1) is 7.11 Å². The van der Waals surface area contributed by atoms with E-state index in [9.17, 15) is 0 Å². The standard InChI is InChI=1S/C10H16O2/c1-7-6-8(10(2,3)4)9(11-5)12-7/h6H,1-5H3. The van der Waals surface area contributed by atoms with Crippen molar-refractivity contribution in [2.45, 2.75) is 33.1 Å². The first-order chi connectivity index (χ1) is 5.45. The molecule has 2 nitrogen and oxygen atoms in total. The van der Waals surface area contributed by atoms with Crippen LogP contribution in [0.1, 0.15) is 32.1 Å². The van der Waals surface area contributed by atoms with Gasteiger partial charge in [-0.25, -0.2) is 0 Å². The second-order valence-electron chi connectivity index (χ2n) is 4.01. The molecule has 0 saturated heterocycles. The molecule has 0 aliphatic rings. The van der Waals surface area contributed by atoms with Gasteiger partial charge >= 0.3 is 0 Å². The molecule has 0 aliphatic heterocycles. The molecule has 2 heteroatoms. The third-order valence-electron chi connectivity index (χ3n) is 1.81. The molecular weight excluding hydrogens is 152 g/mol. The average molecular weight is 168 g/mol. The Morgan fingerprint density at radius 1 is 1.33 bits per heavy atom. The Morgan fingerprint density at radius 2 is 1.92 bits per heavy atom. The van der Waals surface area contributed by atoms with Gasteiger partial charge in [0.15, 0.2) is 0 Å². The highest BCUT2D eigenvalue weighted by atomic mass is 16.6. The van der Waals surface area contributed by atoms with Crippen molar-refractivity contribution < 1.29 is 9.15 Å². The van der Waals surface area contributed by atoms with Crippen LogP contribution in [0.3, 0.4) is 0 Å². The van der Waals surface area contributed by atoms with Crippen LogP contribution >= 0.6 is 0 Å². The Labute approximate surface area is 73.5 Å². The lowest BCUT2D eigenvalue weighted by Gasteiger charge is -2.16. The van der Waals surface area contributed by atoms with Gasteiger partial charge in [0.2, 0.25) is 0 Å². The van der Waals surface area contributed by atoms with Gasteiger partial charge in [0, 0.05) is 5.56 Å². The number of hydrogen-bond acceptors (Lipinski definition) is 2. The van der Waals surface area contributed by atoms with E-state index in [-0.39, 0.29) is 5.41 Å². The molecule has 0 spiro atoms. The van der Waals surface area contributed by atoms with Crippen LogP contribution in [0.4, 0.5) is 0 Å². The molecule has 1 rings (SSSR count). The minimum absolute atomic E-state index is 0.0864. The van der Waals surface area contributed by atoms with Gasteiger partial charge in [-0.05, 0) is 18.4 Å². The fraction of sp³-hybridized carbons (Fsp3) is 0.600. The molecule has 0 aromatic carbocycles. The zero-order valence-corrected chi connectivity index (χ0v) is 8.39. The van der Waals surface area contributed by atoms with E-state index in [1.807, 2.05) is 13.0 Å². The Hall–Kier alpha value is -0.920. The summed E-state index contributed by atoms with van der Waals surface area (Å²) in [5.74, 6) is 1.54. The molecule has 1 aromatic heterocycles. The number of ether oxygens (including phenoxy) is 1. The van der Waals surface area contributed by atoms with E-state index < -0.39 is 0 Å². The van der Waals surface area contributed by atoms with E-state index in [4.69, 9.17) is 9.15 Å². The zero-order valence-electron chi connectivity index (χ0n) is 8.39. The third kappa shape index (κ3) is 1.63. The highest BCUT2D eigenvalue weighted by Crippen LogP contribution is 2.33. The van der Waals surface area contributed by atoms with E-state index >= 15 is 0 Å². The maximum Gasteiger partial charge on any atom is 0.288 e. The second-order valence-corrected chi connectivity index (χ2v) is 4.01. The molecule has 68 valence electrons. The van der Waals surface area contributed by atoms with Gasteiger partial charge in [-0.3, -0.25) is 0 Å². The van der Waals surface area contributed by atoms with Gasteiger partial charge in [-0.1, -0.05) is 20.8 Å². The van der Waals surface area contributed by atoms with Crippen LogP contribution in [-0.2, 0) is 5.41 Å². The van der Waals surface area contributed by atoms with Gasteiger partial charge in [0.1, 0.15) is 5.76 Å². The second kappa shape index (κ2) is 2.85. The molecule has 1 aromatic rings. The fourth-order valence-electron chi connectivity index (χ4n) is 1.17. The van der Waals surface area contributed by atoms with Crippen molar-refractivity contribution in [1.29, 1.82) is 0 Å². The number of hydrogen-bond donors (Lipinski definition) is 0. The summed E-state index contributed by atoms with van der Waals surface area (Å²) in [6.45, 7) is 8.34. The fourth-order valence-corrected chi connectivity index (χ4v) is 1.17. The van der Waals surface area contributed by atoms with Gasteiger partial charge in [-0.15, -0.1) is 0 Å². The van der Waals surface area contributed by atoms with E-state index in [1.165, 1.54) is 0 Å². The van der Waals surface area contributed by atoms with Crippen molar-refractivity contribution in [3.63, 3.8) is 0 Å². The first-order valence-corrected chi connectivity index (χ1v) is 4.10. The Morgan fingerprint density at radius 3 is 2.25 bits per heavy atom. The van der Waals surface area contributed by atoms with Crippen LogP contribution in [-0.4, -0.2) is 7.11 Å². The summed E-state index contributed by atoms with van der Waals surface area (Å²) in [5, 5.41) is 0. The molecule has 0 radical (unpaired) electrons. The molecule has 0 aliphatic carbocycles. The van der Waals surface area contributed by atoms with Crippen LogP contribution in [0.2, 0.25) is 0 Å². The predicted molar refractivity (Wildman–Crippen MR) is 48.7 cm³/mol. The average Bonchev–Trinajstić information content (AvgIpc) is 2.29. The van der Waals surface area contributed by atoms with E-state index in [0.29, 0.717) is 5.95 Å². The van der Waals surface area contributed by atoms with E-state index in [2.05, 4.69) is 20.8 Å². The number of furan rings is 1. The summed E-state index contributed by atoms with van der Waals surface area (Å²) < 4.78 is 10.5. The maximum absolute atomic E-state index is 5.37. The highest BCUT2D eigenvalue weighted by molar-refractivity contribution is 5.32. The SMILES string of the molecule is COc1oc(C)cc1C(C)(C)C. The van der Waals surface area contributed by atoms with E-state index in [1.54, 1.807) is 7.11 Å². The smallest absolute Gasteiger partial charge is 0.288 e. The van der Waals surface area contributed by atoms with Crippen molar-refractivity contribution in [3.05, 3.63) is 17.4 Å². The number of rotatable bonds is 1. The van der Waals surface area contributed by atoms with Gasteiger partial charge in [-0.2, -0.15) is 0 Å².